The van der Waals surface area contributed by atoms with Crippen molar-refractivity contribution in [3.63, 3.8) is 0 Å². The zero-order valence-electron chi connectivity index (χ0n) is 20.5. The first-order chi connectivity index (χ1) is 16.2. The Hall–Kier alpha value is -3.36. The second kappa shape index (κ2) is 9.87. The van der Waals surface area contributed by atoms with Crippen LogP contribution in [0.1, 0.15) is 33.6 Å². The van der Waals surface area contributed by atoms with Gasteiger partial charge in [-0.15, -0.1) is 10.2 Å². The van der Waals surface area contributed by atoms with Crippen molar-refractivity contribution in [2.45, 2.75) is 45.2 Å². The maximum Gasteiger partial charge on any atom is 0.318 e. The maximum absolute atomic E-state index is 13.0. The second-order valence-electron chi connectivity index (χ2n) is 9.92. The minimum Gasteiger partial charge on any atom is -0.497 e. The topological polar surface area (TPSA) is 90.9 Å². The number of hydrogen-bond acceptors (Lipinski definition) is 6. The number of piperazine rings is 1. The lowest BCUT2D eigenvalue weighted by molar-refractivity contribution is -0.132. The number of urea groups is 1. The number of methoxy groups -OCH3 is 1. The Kier molecular flexibility index (Phi) is 6.90. The van der Waals surface area contributed by atoms with E-state index in [1.807, 2.05) is 62.1 Å². The molecule has 1 aromatic heterocycles. The van der Waals surface area contributed by atoms with Crippen molar-refractivity contribution in [1.82, 2.24) is 25.3 Å². The van der Waals surface area contributed by atoms with E-state index in [1.165, 1.54) is 0 Å². The Morgan fingerprint density at radius 2 is 1.82 bits per heavy atom. The zero-order chi connectivity index (χ0) is 24.3. The molecule has 2 aliphatic rings. The smallest absolute Gasteiger partial charge is 0.318 e. The predicted octanol–water partition coefficient (Wildman–Crippen LogP) is 2.77. The number of amides is 3. The number of nitrogens with one attached hydrogen (secondary N) is 1. The average molecular weight is 467 g/mol. The van der Waals surface area contributed by atoms with Crippen LogP contribution in [-0.2, 0) is 4.79 Å². The highest BCUT2D eigenvalue weighted by atomic mass is 16.5. The van der Waals surface area contributed by atoms with Crippen LogP contribution in [0.5, 0.6) is 5.75 Å². The van der Waals surface area contributed by atoms with E-state index in [9.17, 15) is 9.59 Å². The quantitative estimate of drug-likeness (QED) is 0.704. The van der Waals surface area contributed by atoms with Gasteiger partial charge >= 0.3 is 6.03 Å². The van der Waals surface area contributed by atoms with Crippen LogP contribution in [0.4, 0.5) is 10.6 Å². The number of carbonyl (C=O) groups excluding carboxylic acids is 2. The summed E-state index contributed by atoms with van der Waals surface area (Å²) in [6.45, 7) is 8.51. The molecule has 0 spiro atoms. The average Bonchev–Trinajstić information content (AvgIpc) is 3.67. The lowest BCUT2D eigenvalue weighted by atomic mass is 10.1. The van der Waals surface area contributed by atoms with Gasteiger partial charge in [0, 0.05) is 43.3 Å². The van der Waals surface area contributed by atoms with E-state index < -0.39 is 0 Å². The third kappa shape index (κ3) is 5.95. The molecule has 34 heavy (non-hydrogen) atoms. The second-order valence-corrected chi connectivity index (χ2v) is 9.92. The van der Waals surface area contributed by atoms with Crippen LogP contribution in [-0.4, -0.2) is 83.3 Å². The van der Waals surface area contributed by atoms with Crippen LogP contribution in [0.25, 0.3) is 11.3 Å². The van der Waals surface area contributed by atoms with Crippen molar-refractivity contribution in [2.75, 3.05) is 44.7 Å². The molecule has 1 saturated carbocycles. The number of aromatic nitrogens is 2. The van der Waals surface area contributed by atoms with E-state index in [4.69, 9.17) is 4.74 Å². The summed E-state index contributed by atoms with van der Waals surface area (Å²) in [5.74, 6) is 1.57. The standard InChI is InChI=1S/C25H34N6O3/c1-25(2,3)26-24(33)31(19-8-9-19)17-23(32)30-14-12-29(13-15-30)22-11-10-21(27-28-22)18-6-5-7-20(16-18)34-4/h5-7,10-11,16,19H,8-9,12-15,17H2,1-4H3,(H,26,33). The van der Waals surface area contributed by atoms with Gasteiger partial charge in [0.1, 0.15) is 12.3 Å². The van der Waals surface area contributed by atoms with E-state index in [1.54, 1.807) is 12.0 Å². The minimum atomic E-state index is -0.331. The van der Waals surface area contributed by atoms with Gasteiger partial charge in [0.2, 0.25) is 5.91 Å². The van der Waals surface area contributed by atoms with Crippen LogP contribution in [0, 0.1) is 0 Å². The number of nitrogens with zero attached hydrogens (tertiary/aromatic N) is 5. The van der Waals surface area contributed by atoms with Crippen LogP contribution in [0.2, 0.25) is 0 Å². The first-order valence-electron chi connectivity index (χ1n) is 11.8. The summed E-state index contributed by atoms with van der Waals surface area (Å²) in [6.07, 6.45) is 1.92. The van der Waals surface area contributed by atoms with Crippen molar-refractivity contribution < 1.29 is 14.3 Å². The first-order valence-corrected chi connectivity index (χ1v) is 11.8. The van der Waals surface area contributed by atoms with Crippen molar-refractivity contribution in [3.05, 3.63) is 36.4 Å². The molecular formula is C25H34N6O3. The molecule has 182 valence electrons. The minimum absolute atomic E-state index is 0.00457. The molecule has 9 heteroatoms. The number of carbonyl (C=O) groups is 2. The highest BCUT2D eigenvalue weighted by molar-refractivity contribution is 5.85. The van der Waals surface area contributed by atoms with Crippen molar-refractivity contribution in [3.8, 4) is 17.0 Å². The fourth-order valence-electron chi connectivity index (χ4n) is 4.01. The van der Waals surface area contributed by atoms with E-state index in [2.05, 4.69) is 20.4 Å². The largest absolute Gasteiger partial charge is 0.497 e. The van der Waals surface area contributed by atoms with Crippen molar-refractivity contribution in [1.29, 1.82) is 0 Å². The molecule has 0 bridgehead atoms. The molecule has 9 nitrogen and oxygen atoms in total. The van der Waals surface area contributed by atoms with Crippen molar-refractivity contribution >= 4 is 17.8 Å². The number of hydrogen-bond donors (Lipinski definition) is 1. The Bertz CT molecular complexity index is 1010. The van der Waals surface area contributed by atoms with E-state index in [-0.39, 0.29) is 30.1 Å². The summed E-state index contributed by atoms with van der Waals surface area (Å²) < 4.78 is 5.29. The van der Waals surface area contributed by atoms with Gasteiger partial charge in [-0.05, 0) is 57.9 Å². The Morgan fingerprint density at radius 3 is 2.41 bits per heavy atom. The molecule has 4 rings (SSSR count). The first kappa shape index (κ1) is 23.8. The molecule has 0 unspecified atom stereocenters. The van der Waals surface area contributed by atoms with Gasteiger partial charge in [-0.25, -0.2) is 4.79 Å². The van der Waals surface area contributed by atoms with E-state index in [0.29, 0.717) is 26.2 Å². The van der Waals surface area contributed by atoms with Crippen LogP contribution in [0.15, 0.2) is 36.4 Å². The van der Waals surface area contributed by atoms with Gasteiger partial charge in [0.15, 0.2) is 5.82 Å². The number of anilines is 1. The van der Waals surface area contributed by atoms with E-state index >= 15 is 0 Å². The molecule has 0 radical (unpaired) electrons. The number of ether oxygens (including phenoxy) is 1. The third-order valence-corrected chi connectivity index (χ3v) is 6.01. The normalized spacial score (nSPS) is 16.2. The summed E-state index contributed by atoms with van der Waals surface area (Å²) in [4.78, 5) is 31.3. The Balaban J connectivity index is 1.32. The summed E-state index contributed by atoms with van der Waals surface area (Å²) in [5.41, 5.74) is 1.40. The summed E-state index contributed by atoms with van der Waals surface area (Å²) in [6, 6.07) is 11.7. The fourth-order valence-corrected chi connectivity index (χ4v) is 4.01. The van der Waals surface area contributed by atoms with Crippen molar-refractivity contribution in [2.24, 2.45) is 0 Å². The molecule has 1 saturated heterocycles. The molecule has 1 aliphatic carbocycles. The zero-order valence-corrected chi connectivity index (χ0v) is 20.5. The van der Waals surface area contributed by atoms with Crippen LogP contribution in [0.3, 0.4) is 0 Å². The summed E-state index contributed by atoms with van der Waals surface area (Å²) >= 11 is 0. The lowest BCUT2D eigenvalue weighted by Crippen LogP contribution is -2.55. The highest BCUT2D eigenvalue weighted by Gasteiger charge is 2.36. The Morgan fingerprint density at radius 1 is 1.09 bits per heavy atom. The molecule has 0 atom stereocenters. The molecule has 3 amide bonds. The fraction of sp³-hybridized carbons (Fsp3) is 0.520. The maximum atomic E-state index is 13.0. The molecule has 1 aliphatic heterocycles. The number of benzene rings is 1. The molecule has 1 N–H and O–H groups in total. The SMILES string of the molecule is COc1cccc(-c2ccc(N3CCN(C(=O)CN(C(=O)NC(C)(C)C)C4CC4)CC3)nn2)c1. The molecule has 2 fully saturated rings. The van der Waals surface area contributed by atoms with Gasteiger partial charge < -0.3 is 24.8 Å². The molecule has 1 aromatic carbocycles. The molecule has 2 heterocycles. The Labute approximate surface area is 201 Å². The van der Waals surface area contributed by atoms with Gasteiger partial charge in [0.25, 0.3) is 0 Å². The molecular weight excluding hydrogens is 432 g/mol. The predicted molar refractivity (Wildman–Crippen MR) is 131 cm³/mol. The van der Waals surface area contributed by atoms with Crippen LogP contribution >= 0.6 is 0 Å². The number of rotatable bonds is 6. The van der Waals surface area contributed by atoms with Crippen LogP contribution < -0.4 is 15.0 Å². The van der Waals surface area contributed by atoms with E-state index in [0.717, 1.165) is 35.7 Å². The van der Waals surface area contributed by atoms with Gasteiger partial charge in [-0.1, -0.05) is 12.1 Å². The van der Waals surface area contributed by atoms with Gasteiger partial charge in [-0.2, -0.15) is 0 Å². The molecule has 2 aromatic rings. The monoisotopic (exact) mass is 466 g/mol. The summed E-state index contributed by atoms with van der Waals surface area (Å²) in [7, 11) is 1.64. The third-order valence-electron chi connectivity index (χ3n) is 6.01. The lowest BCUT2D eigenvalue weighted by Gasteiger charge is -2.36. The highest BCUT2D eigenvalue weighted by Crippen LogP contribution is 2.27. The summed E-state index contributed by atoms with van der Waals surface area (Å²) in [5, 5.41) is 11.8. The van der Waals surface area contributed by atoms with Gasteiger partial charge in [0.05, 0.1) is 12.8 Å². The van der Waals surface area contributed by atoms with Gasteiger partial charge in [-0.3, -0.25) is 4.79 Å².